The lowest BCUT2D eigenvalue weighted by atomic mass is 9.89. The molecule has 1 heterocycles. The third-order valence-electron chi connectivity index (χ3n) is 3.70. The zero-order chi connectivity index (χ0) is 14.0. The van der Waals surface area contributed by atoms with Gasteiger partial charge in [0.2, 0.25) is 0 Å². The Balaban J connectivity index is 2.10. The number of hydrogen-bond acceptors (Lipinski definition) is 3. The number of H-pyrrole nitrogens is 1. The Bertz CT molecular complexity index is 556. The number of rotatable bonds is 5. The lowest BCUT2D eigenvalue weighted by Crippen LogP contribution is -2.29. The highest BCUT2D eigenvalue weighted by Gasteiger charge is 2.16. The SMILES string of the molecule is Cc1nc2ccc(N(C)CCC(C)(C)CN)cc2[nH]1. The maximum atomic E-state index is 5.78. The zero-order valence-corrected chi connectivity index (χ0v) is 12.3. The monoisotopic (exact) mass is 260 g/mol. The second-order valence-corrected chi connectivity index (χ2v) is 6.06. The highest BCUT2D eigenvalue weighted by Crippen LogP contribution is 2.23. The molecule has 104 valence electrons. The van der Waals surface area contributed by atoms with Crippen LogP contribution in [0.15, 0.2) is 18.2 Å². The quantitative estimate of drug-likeness (QED) is 0.869. The van der Waals surface area contributed by atoms with Gasteiger partial charge in [0, 0.05) is 19.3 Å². The Hall–Kier alpha value is -1.55. The minimum Gasteiger partial charge on any atom is -0.375 e. The van der Waals surface area contributed by atoms with Crippen LogP contribution in [-0.4, -0.2) is 30.1 Å². The lowest BCUT2D eigenvalue weighted by molar-refractivity contribution is 0.351. The number of aromatic amines is 1. The maximum absolute atomic E-state index is 5.78. The van der Waals surface area contributed by atoms with Crippen LogP contribution in [0.1, 0.15) is 26.1 Å². The normalized spacial score (nSPS) is 12.1. The molecule has 1 aromatic heterocycles. The molecule has 0 unspecified atom stereocenters. The molecule has 19 heavy (non-hydrogen) atoms. The molecule has 0 saturated carbocycles. The van der Waals surface area contributed by atoms with Crippen LogP contribution < -0.4 is 10.6 Å². The van der Waals surface area contributed by atoms with Crippen molar-refractivity contribution in [2.24, 2.45) is 11.1 Å². The molecule has 0 bridgehead atoms. The summed E-state index contributed by atoms with van der Waals surface area (Å²) < 4.78 is 0. The first-order chi connectivity index (χ1) is 8.91. The van der Waals surface area contributed by atoms with E-state index in [4.69, 9.17) is 5.73 Å². The van der Waals surface area contributed by atoms with Crippen LogP contribution >= 0.6 is 0 Å². The van der Waals surface area contributed by atoms with Gasteiger partial charge in [0.15, 0.2) is 0 Å². The number of imidazole rings is 1. The summed E-state index contributed by atoms with van der Waals surface area (Å²) in [7, 11) is 2.12. The van der Waals surface area contributed by atoms with Gasteiger partial charge in [-0.1, -0.05) is 13.8 Å². The molecule has 0 atom stereocenters. The maximum Gasteiger partial charge on any atom is 0.104 e. The van der Waals surface area contributed by atoms with Crippen LogP contribution in [0.3, 0.4) is 0 Å². The van der Waals surface area contributed by atoms with Gasteiger partial charge in [0.05, 0.1) is 11.0 Å². The number of aromatic nitrogens is 2. The standard InChI is InChI=1S/C15H24N4/c1-11-17-13-6-5-12(9-14(13)18-11)19(4)8-7-15(2,3)10-16/h5-6,9H,7-8,10,16H2,1-4H3,(H,17,18). The molecule has 0 saturated heterocycles. The number of aryl methyl sites for hydroxylation is 1. The zero-order valence-electron chi connectivity index (χ0n) is 12.3. The van der Waals surface area contributed by atoms with Gasteiger partial charge in [-0.05, 0) is 43.5 Å². The van der Waals surface area contributed by atoms with E-state index in [9.17, 15) is 0 Å². The Morgan fingerprint density at radius 1 is 1.37 bits per heavy atom. The van der Waals surface area contributed by atoms with Crippen molar-refractivity contribution in [1.82, 2.24) is 9.97 Å². The largest absolute Gasteiger partial charge is 0.375 e. The van der Waals surface area contributed by atoms with Gasteiger partial charge in [-0.25, -0.2) is 4.98 Å². The van der Waals surface area contributed by atoms with Crippen LogP contribution in [0.5, 0.6) is 0 Å². The molecule has 4 heteroatoms. The molecular weight excluding hydrogens is 236 g/mol. The molecule has 4 nitrogen and oxygen atoms in total. The average molecular weight is 260 g/mol. The van der Waals surface area contributed by atoms with Crippen molar-refractivity contribution in [3.05, 3.63) is 24.0 Å². The molecule has 0 amide bonds. The minimum absolute atomic E-state index is 0.197. The predicted molar refractivity (Wildman–Crippen MR) is 81.6 cm³/mol. The summed E-state index contributed by atoms with van der Waals surface area (Å²) in [6.45, 7) is 8.13. The van der Waals surface area contributed by atoms with E-state index in [1.807, 2.05) is 6.92 Å². The highest BCUT2D eigenvalue weighted by atomic mass is 15.1. The minimum atomic E-state index is 0.197. The first-order valence-electron chi connectivity index (χ1n) is 6.79. The first-order valence-corrected chi connectivity index (χ1v) is 6.79. The number of nitrogens with zero attached hydrogens (tertiary/aromatic N) is 2. The molecule has 0 aliphatic rings. The van der Waals surface area contributed by atoms with Crippen LogP contribution in [0.4, 0.5) is 5.69 Å². The van der Waals surface area contributed by atoms with E-state index >= 15 is 0 Å². The summed E-state index contributed by atoms with van der Waals surface area (Å²) in [6, 6.07) is 6.35. The molecule has 0 aliphatic heterocycles. The molecule has 0 spiro atoms. The van der Waals surface area contributed by atoms with Gasteiger partial charge in [-0.15, -0.1) is 0 Å². The summed E-state index contributed by atoms with van der Waals surface area (Å²) in [4.78, 5) is 9.97. The Morgan fingerprint density at radius 2 is 2.11 bits per heavy atom. The summed E-state index contributed by atoms with van der Waals surface area (Å²) in [6.07, 6.45) is 1.08. The topological polar surface area (TPSA) is 57.9 Å². The van der Waals surface area contributed by atoms with E-state index in [0.29, 0.717) is 0 Å². The molecule has 3 N–H and O–H groups in total. The Labute approximate surface area is 115 Å². The van der Waals surface area contributed by atoms with Gasteiger partial charge in [0.25, 0.3) is 0 Å². The van der Waals surface area contributed by atoms with Gasteiger partial charge < -0.3 is 15.6 Å². The van der Waals surface area contributed by atoms with Crippen molar-refractivity contribution in [3.8, 4) is 0 Å². The predicted octanol–water partition coefficient (Wildman–Crippen LogP) is 2.68. The molecule has 0 radical (unpaired) electrons. The van der Waals surface area contributed by atoms with Crippen LogP contribution in [0.2, 0.25) is 0 Å². The molecule has 0 aliphatic carbocycles. The van der Waals surface area contributed by atoms with Crippen molar-refractivity contribution in [1.29, 1.82) is 0 Å². The van der Waals surface area contributed by atoms with Crippen molar-refractivity contribution >= 4 is 16.7 Å². The van der Waals surface area contributed by atoms with Crippen molar-refractivity contribution in [2.75, 3.05) is 25.0 Å². The molecule has 2 rings (SSSR count). The number of nitrogens with one attached hydrogen (secondary N) is 1. The number of nitrogens with two attached hydrogens (primary N) is 1. The van der Waals surface area contributed by atoms with E-state index in [2.05, 4.69) is 54.0 Å². The summed E-state index contributed by atoms with van der Waals surface area (Å²) in [5.41, 5.74) is 9.31. The van der Waals surface area contributed by atoms with E-state index in [1.165, 1.54) is 5.69 Å². The van der Waals surface area contributed by atoms with Gasteiger partial charge in [-0.2, -0.15) is 0 Å². The highest BCUT2D eigenvalue weighted by molar-refractivity contribution is 5.79. The van der Waals surface area contributed by atoms with Crippen molar-refractivity contribution < 1.29 is 0 Å². The van der Waals surface area contributed by atoms with Crippen LogP contribution in [0, 0.1) is 12.3 Å². The molecule has 0 fully saturated rings. The smallest absolute Gasteiger partial charge is 0.104 e. The molecule has 1 aromatic carbocycles. The third kappa shape index (κ3) is 3.26. The number of hydrogen-bond donors (Lipinski definition) is 2. The summed E-state index contributed by atoms with van der Waals surface area (Å²) in [5, 5.41) is 0. The molecule has 2 aromatic rings. The van der Waals surface area contributed by atoms with E-state index in [-0.39, 0.29) is 5.41 Å². The van der Waals surface area contributed by atoms with E-state index < -0.39 is 0 Å². The van der Waals surface area contributed by atoms with Crippen molar-refractivity contribution in [3.63, 3.8) is 0 Å². The Morgan fingerprint density at radius 3 is 2.79 bits per heavy atom. The fraction of sp³-hybridized carbons (Fsp3) is 0.533. The number of anilines is 1. The summed E-state index contributed by atoms with van der Waals surface area (Å²) >= 11 is 0. The van der Waals surface area contributed by atoms with Gasteiger partial charge in [-0.3, -0.25) is 0 Å². The van der Waals surface area contributed by atoms with Gasteiger partial charge in [0.1, 0.15) is 5.82 Å². The van der Waals surface area contributed by atoms with E-state index in [0.717, 1.165) is 36.4 Å². The second kappa shape index (κ2) is 5.21. The fourth-order valence-electron chi connectivity index (χ4n) is 2.06. The van der Waals surface area contributed by atoms with Crippen LogP contribution in [-0.2, 0) is 0 Å². The second-order valence-electron chi connectivity index (χ2n) is 6.06. The number of fused-ring (bicyclic) bond motifs is 1. The molecular formula is C15H24N4. The van der Waals surface area contributed by atoms with Crippen molar-refractivity contribution in [2.45, 2.75) is 27.2 Å². The lowest BCUT2D eigenvalue weighted by Gasteiger charge is -2.27. The third-order valence-corrected chi connectivity index (χ3v) is 3.70. The number of benzene rings is 1. The average Bonchev–Trinajstić information content (AvgIpc) is 2.75. The fourth-order valence-corrected chi connectivity index (χ4v) is 2.06. The van der Waals surface area contributed by atoms with Gasteiger partial charge >= 0.3 is 0 Å². The Kier molecular flexibility index (Phi) is 3.80. The first kappa shape index (κ1) is 13.9. The summed E-state index contributed by atoms with van der Waals surface area (Å²) in [5.74, 6) is 0.957. The van der Waals surface area contributed by atoms with E-state index in [1.54, 1.807) is 0 Å². The van der Waals surface area contributed by atoms with Crippen LogP contribution in [0.25, 0.3) is 11.0 Å².